The molecule has 0 aliphatic carbocycles. The molecule has 0 saturated carbocycles. The maximum absolute atomic E-state index is 12.8. The van der Waals surface area contributed by atoms with Gasteiger partial charge in [0, 0.05) is 29.7 Å². The van der Waals surface area contributed by atoms with Gasteiger partial charge in [0.15, 0.2) is 0 Å². The Morgan fingerprint density at radius 3 is 2.62 bits per heavy atom. The Morgan fingerprint density at radius 2 is 2.05 bits per heavy atom. The number of nitrogens with zero attached hydrogens (tertiary/aromatic N) is 1. The summed E-state index contributed by atoms with van der Waals surface area (Å²) in [6.45, 7) is 2.30. The smallest absolute Gasteiger partial charge is 0.308 e. The predicted molar refractivity (Wildman–Crippen MR) is 78.7 cm³/mol. The number of carboxylic acids is 1. The van der Waals surface area contributed by atoms with Crippen LogP contribution in [-0.2, 0) is 9.59 Å². The summed E-state index contributed by atoms with van der Waals surface area (Å²) in [4.78, 5) is 25.7. The number of carbonyl (C=O) groups is 2. The van der Waals surface area contributed by atoms with Crippen molar-refractivity contribution in [1.29, 1.82) is 0 Å². The van der Waals surface area contributed by atoms with Crippen LogP contribution >= 0.6 is 11.8 Å². The van der Waals surface area contributed by atoms with Gasteiger partial charge in [0.05, 0.1) is 5.92 Å². The minimum Gasteiger partial charge on any atom is -0.481 e. The molecule has 0 spiro atoms. The van der Waals surface area contributed by atoms with Gasteiger partial charge in [0.25, 0.3) is 0 Å². The fourth-order valence-corrected chi connectivity index (χ4v) is 3.39. The van der Waals surface area contributed by atoms with Crippen molar-refractivity contribution in [3.05, 3.63) is 30.1 Å². The van der Waals surface area contributed by atoms with Crippen LogP contribution in [0.15, 0.2) is 29.2 Å². The van der Waals surface area contributed by atoms with Gasteiger partial charge in [-0.3, -0.25) is 9.59 Å². The topological polar surface area (TPSA) is 57.6 Å². The zero-order chi connectivity index (χ0) is 15.4. The number of carbonyl (C=O) groups excluding carboxylic acids is 1. The SMILES string of the molecule is CC1C(C(=O)O)CCN1C(=O)CCSc1ccc(F)cc1. The van der Waals surface area contributed by atoms with Gasteiger partial charge in [-0.2, -0.15) is 0 Å². The molecule has 1 N–H and O–H groups in total. The lowest BCUT2D eigenvalue weighted by Gasteiger charge is -2.23. The fourth-order valence-electron chi connectivity index (χ4n) is 2.55. The molecule has 2 atom stereocenters. The maximum atomic E-state index is 12.8. The zero-order valence-corrected chi connectivity index (χ0v) is 12.6. The molecule has 1 aliphatic heterocycles. The van der Waals surface area contributed by atoms with Gasteiger partial charge < -0.3 is 10.0 Å². The number of benzene rings is 1. The summed E-state index contributed by atoms with van der Waals surface area (Å²) < 4.78 is 12.8. The lowest BCUT2D eigenvalue weighted by molar-refractivity contribution is -0.143. The maximum Gasteiger partial charge on any atom is 0.308 e. The number of amides is 1. The molecule has 2 unspecified atom stereocenters. The molecule has 1 aliphatic rings. The molecule has 1 saturated heterocycles. The van der Waals surface area contributed by atoms with Crippen molar-refractivity contribution in [2.45, 2.75) is 30.7 Å². The van der Waals surface area contributed by atoms with E-state index in [1.807, 2.05) is 0 Å². The number of aliphatic carboxylic acids is 1. The van der Waals surface area contributed by atoms with Crippen LogP contribution in [-0.4, -0.2) is 40.2 Å². The van der Waals surface area contributed by atoms with Crippen LogP contribution in [0, 0.1) is 11.7 Å². The average molecular weight is 311 g/mol. The van der Waals surface area contributed by atoms with Crippen molar-refractivity contribution in [1.82, 2.24) is 4.90 Å². The molecule has 1 aromatic carbocycles. The minimum atomic E-state index is -0.835. The van der Waals surface area contributed by atoms with Crippen LogP contribution in [0.1, 0.15) is 19.8 Å². The van der Waals surface area contributed by atoms with Gasteiger partial charge in [-0.25, -0.2) is 4.39 Å². The Morgan fingerprint density at radius 1 is 1.38 bits per heavy atom. The van der Waals surface area contributed by atoms with Crippen molar-refractivity contribution < 1.29 is 19.1 Å². The summed E-state index contributed by atoms with van der Waals surface area (Å²) in [6.07, 6.45) is 0.881. The van der Waals surface area contributed by atoms with Crippen LogP contribution in [0.4, 0.5) is 4.39 Å². The van der Waals surface area contributed by atoms with Crippen LogP contribution in [0.3, 0.4) is 0 Å². The number of rotatable bonds is 5. The third-order valence-corrected chi connectivity index (χ3v) is 4.80. The molecule has 2 rings (SSSR count). The van der Waals surface area contributed by atoms with Gasteiger partial charge >= 0.3 is 5.97 Å². The summed E-state index contributed by atoms with van der Waals surface area (Å²) in [7, 11) is 0. The number of thioether (sulfide) groups is 1. The largest absolute Gasteiger partial charge is 0.481 e. The van der Waals surface area contributed by atoms with Crippen molar-refractivity contribution in [3.63, 3.8) is 0 Å². The lowest BCUT2D eigenvalue weighted by atomic mass is 10.0. The monoisotopic (exact) mass is 311 g/mol. The molecular weight excluding hydrogens is 293 g/mol. The zero-order valence-electron chi connectivity index (χ0n) is 11.8. The van der Waals surface area contributed by atoms with E-state index < -0.39 is 11.9 Å². The van der Waals surface area contributed by atoms with E-state index in [1.165, 1.54) is 23.9 Å². The number of hydrogen-bond acceptors (Lipinski definition) is 3. The predicted octanol–water partition coefficient (Wildman–Crippen LogP) is 2.63. The second kappa shape index (κ2) is 6.93. The molecular formula is C15H18FNO3S. The van der Waals surface area contributed by atoms with Crippen molar-refractivity contribution >= 4 is 23.6 Å². The first-order valence-electron chi connectivity index (χ1n) is 6.89. The molecule has 1 aromatic rings. The van der Waals surface area contributed by atoms with Gasteiger partial charge in [-0.15, -0.1) is 11.8 Å². The van der Waals surface area contributed by atoms with Crippen LogP contribution in [0.2, 0.25) is 0 Å². The minimum absolute atomic E-state index is 0.0131. The number of hydrogen-bond donors (Lipinski definition) is 1. The van der Waals surface area contributed by atoms with Crippen molar-refractivity contribution in [3.8, 4) is 0 Å². The van der Waals surface area contributed by atoms with E-state index in [0.717, 1.165) is 4.90 Å². The van der Waals surface area contributed by atoms with E-state index in [2.05, 4.69) is 0 Å². The quantitative estimate of drug-likeness (QED) is 0.849. The van der Waals surface area contributed by atoms with E-state index in [0.29, 0.717) is 25.1 Å². The molecule has 0 bridgehead atoms. The Balaban J connectivity index is 1.80. The Kier molecular flexibility index (Phi) is 5.22. The summed E-state index contributed by atoms with van der Waals surface area (Å²) >= 11 is 1.49. The van der Waals surface area contributed by atoms with E-state index in [9.17, 15) is 14.0 Å². The third kappa shape index (κ3) is 3.97. The standard InChI is InChI=1S/C15H18FNO3S/c1-10-13(15(19)20)6-8-17(10)14(18)7-9-21-12-4-2-11(16)3-5-12/h2-5,10,13H,6-9H2,1H3,(H,19,20). The van der Waals surface area contributed by atoms with Gasteiger partial charge in [0.2, 0.25) is 5.91 Å². The lowest BCUT2D eigenvalue weighted by Crippen LogP contribution is -2.37. The summed E-state index contributed by atoms with van der Waals surface area (Å²) in [6, 6.07) is 5.91. The Bertz CT molecular complexity index is 520. The number of likely N-dealkylation sites (tertiary alicyclic amines) is 1. The summed E-state index contributed by atoms with van der Waals surface area (Å²) in [5.41, 5.74) is 0. The van der Waals surface area contributed by atoms with Gasteiger partial charge in [-0.05, 0) is 37.6 Å². The van der Waals surface area contributed by atoms with Crippen LogP contribution in [0.25, 0.3) is 0 Å². The van der Waals surface area contributed by atoms with Crippen molar-refractivity contribution in [2.75, 3.05) is 12.3 Å². The van der Waals surface area contributed by atoms with Crippen LogP contribution < -0.4 is 0 Å². The van der Waals surface area contributed by atoms with E-state index in [4.69, 9.17) is 5.11 Å². The highest BCUT2D eigenvalue weighted by Crippen LogP contribution is 2.26. The molecule has 0 aromatic heterocycles. The molecule has 4 nitrogen and oxygen atoms in total. The number of carboxylic acid groups (broad SMARTS) is 1. The normalized spacial score (nSPS) is 21.5. The first-order valence-corrected chi connectivity index (χ1v) is 7.88. The van der Waals surface area contributed by atoms with Gasteiger partial charge in [-0.1, -0.05) is 0 Å². The van der Waals surface area contributed by atoms with E-state index >= 15 is 0 Å². The van der Waals surface area contributed by atoms with Crippen LogP contribution in [0.5, 0.6) is 0 Å². The number of halogens is 1. The second-order valence-corrected chi connectivity index (χ2v) is 6.28. The van der Waals surface area contributed by atoms with E-state index in [1.54, 1.807) is 24.0 Å². The summed E-state index contributed by atoms with van der Waals surface area (Å²) in [5.74, 6) is -0.982. The molecule has 1 amide bonds. The molecule has 21 heavy (non-hydrogen) atoms. The highest BCUT2D eigenvalue weighted by Gasteiger charge is 2.37. The Hall–Kier alpha value is -1.56. The molecule has 114 valence electrons. The highest BCUT2D eigenvalue weighted by atomic mass is 32.2. The first kappa shape index (κ1) is 15.8. The van der Waals surface area contributed by atoms with E-state index in [-0.39, 0.29) is 17.8 Å². The third-order valence-electron chi connectivity index (χ3n) is 3.79. The molecule has 6 heteroatoms. The van der Waals surface area contributed by atoms with Crippen molar-refractivity contribution in [2.24, 2.45) is 5.92 Å². The molecule has 1 heterocycles. The second-order valence-electron chi connectivity index (χ2n) is 5.11. The van der Waals surface area contributed by atoms with Gasteiger partial charge in [0.1, 0.15) is 5.82 Å². The molecule has 0 radical (unpaired) electrons. The highest BCUT2D eigenvalue weighted by molar-refractivity contribution is 7.99. The molecule has 1 fully saturated rings. The fraction of sp³-hybridized carbons (Fsp3) is 0.467. The Labute approximate surface area is 127 Å². The average Bonchev–Trinajstić information content (AvgIpc) is 2.83. The summed E-state index contributed by atoms with van der Waals surface area (Å²) in [5, 5.41) is 9.06. The first-order chi connectivity index (χ1) is 9.99.